The van der Waals surface area contributed by atoms with E-state index in [1.807, 2.05) is 60.7 Å². The normalized spacial score (nSPS) is 11.2. The fourth-order valence-electron chi connectivity index (χ4n) is 3.08. The number of hydrazone groups is 1. The summed E-state index contributed by atoms with van der Waals surface area (Å²) < 4.78 is 6.73. The molecule has 1 N–H and O–H groups in total. The molecule has 0 saturated heterocycles. The van der Waals surface area contributed by atoms with E-state index in [1.165, 1.54) is 6.21 Å². The molecule has 4 aromatic rings. The minimum Gasteiger partial charge on any atom is -0.455 e. The van der Waals surface area contributed by atoms with Gasteiger partial charge in [-0.1, -0.05) is 70.0 Å². The van der Waals surface area contributed by atoms with Crippen molar-refractivity contribution >= 4 is 50.4 Å². The Morgan fingerprint density at radius 3 is 2.69 bits per heavy atom. The van der Waals surface area contributed by atoms with Crippen LogP contribution in [0.4, 0.5) is 0 Å². The second-order valence-corrected chi connectivity index (χ2v) is 7.73. The minimum absolute atomic E-state index is 0.199. The van der Waals surface area contributed by atoms with E-state index in [2.05, 4.69) is 26.5 Å². The molecule has 3 aromatic carbocycles. The molecule has 0 aliphatic carbocycles. The first-order chi connectivity index (χ1) is 14.1. The van der Waals surface area contributed by atoms with Crippen molar-refractivity contribution < 1.29 is 9.21 Å². The first-order valence-electron chi connectivity index (χ1n) is 8.94. The van der Waals surface area contributed by atoms with E-state index in [9.17, 15) is 4.79 Å². The predicted octanol–water partition coefficient (Wildman–Crippen LogP) is 6.21. The highest BCUT2D eigenvalue weighted by Gasteiger charge is 2.08. The van der Waals surface area contributed by atoms with Crippen LogP contribution in [0.25, 0.3) is 22.1 Å². The summed E-state index contributed by atoms with van der Waals surface area (Å²) in [4.78, 5) is 12.3. The van der Waals surface area contributed by atoms with Gasteiger partial charge in [-0.25, -0.2) is 5.43 Å². The van der Waals surface area contributed by atoms with Crippen LogP contribution in [0.15, 0.2) is 86.8 Å². The van der Waals surface area contributed by atoms with E-state index >= 15 is 0 Å². The number of carbonyl (C=O) groups excluding carboxylic acids is 1. The van der Waals surface area contributed by atoms with Crippen molar-refractivity contribution in [2.45, 2.75) is 6.42 Å². The molecule has 1 heterocycles. The van der Waals surface area contributed by atoms with Crippen LogP contribution in [0, 0.1) is 0 Å². The summed E-state index contributed by atoms with van der Waals surface area (Å²) in [7, 11) is 0. The molecule has 4 rings (SSSR count). The lowest BCUT2D eigenvalue weighted by Crippen LogP contribution is -2.19. The van der Waals surface area contributed by atoms with Gasteiger partial charge in [0.25, 0.3) is 0 Å². The first-order valence-corrected chi connectivity index (χ1v) is 10.1. The lowest BCUT2D eigenvalue weighted by atomic mass is 10.0. The molecule has 0 radical (unpaired) electrons. The lowest BCUT2D eigenvalue weighted by molar-refractivity contribution is -0.120. The maximum atomic E-state index is 12.3. The van der Waals surface area contributed by atoms with Gasteiger partial charge < -0.3 is 4.42 Å². The van der Waals surface area contributed by atoms with Crippen LogP contribution in [0.5, 0.6) is 0 Å². The van der Waals surface area contributed by atoms with Crippen molar-refractivity contribution in [3.63, 3.8) is 0 Å². The van der Waals surface area contributed by atoms with Crippen molar-refractivity contribution in [1.29, 1.82) is 0 Å². The average molecular weight is 468 g/mol. The quantitative estimate of drug-likeness (QED) is 0.280. The number of hydrogen-bond donors (Lipinski definition) is 1. The second-order valence-electron chi connectivity index (χ2n) is 6.43. The van der Waals surface area contributed by atoms with Gasteiger partial charge in [-0.2, -0.15) is 5.10 Å². The van der Waals surface area contributed by atoms with Gasteiger partial charge in [0, 0.05) is 15.1 Å². The number of halogens is 2. The SMILES string of the molecule is O=C(Cc1ccc(Br)c2ccccc12)N/N=C\c1ccc(-c2cccc(Cl)c2)o1. The zero-order chi connectivity index (χ0) is 20.2. The molecule has 0 atom stereocenters. The van der Waals surface area contributed by atoms with Crippen LogP contribution >= 0.6 is 27.5 Å². The van der Waals surface area contributed by atoms with Gasteiger partial charge in [-0.3, -0.25) is 4.79 Å². The Kier molecular flexibility index (Phi) is 5.79. The van der Waals surface area contributed by atoms with Crippen LogP contribution in [-0.4, -0.2) is 12.1 Å². The summed E-state index contributed by atoms with van der Waals surface area (Å²) in [5.41, 5.74) is 4.38. The molecule has 0 fully saturated rings. The van der Waals surface area contributed by atoms with Gasteiger partial charge >= 0.3 is 0 Å². The highest BCUT2D eigenvalue weighted by Crippen LogP contribution is 2.27. The molecular weight excluding hydrogens is 452 g/mol. The minimum atomic E-state index is -0.199. The highest BCUT2D eigenvalue weighted by atomic mass is 79.9. The highest BCUT2D eigenvalue weighted by molar-refractivity contribution is 9.10. The average Bonchev–Trinajstić information content (AvgIpc) is 3.19. The molecule has 0 aliphatic rings. The Balaban J connectivity index is 1.42. The van der Waals surface area contributed by atoms with Crippen molar-refractivity contribution in [1.82, 2.24) is 5.43 Å². The van der Waals surface area contributed by atoms with Crippen molar-refractivity contribution in [3.05, 3.63) is 93.6 Å². The molecule has 0 unspecified atom stereocenters. The summed E-state index contributed by atoms with van der Waals surface area (Å²) in [6.07, 6.45) is 1.71. The molecule has 4 nitrogen and oxygen atoms in total. The van der Waals surface area contributed by atoms with E-state index in [4.69, 9.17) is 16.0 Å². The molecule has 29 heavy (non-hydrogen) atoms. The summed E-state index contributed by atoms with van der Waals surface area (Å²) in [5.74, 6) is 1.02. The van der Waals surface area contributed by atoms with Crippen LogP contribution < -0.4 is 5.43 Å². The van der Waals surface area contributed by atoms with E-state index in [1.54, 1.807) is 12.1 Å². The topological polar surface area (TPSA) is 54.6 Å². The third-order valence-electron chi connectivity index (χ3n) is 4.43. The Labute approximate surface area is 181 Å². The number of carbonyl (C=O) groups is 1. The fraction of sp³-hybridized carbons (Fsp3) is 0.0435. The van der Waals surface area contributed by atoms with Crippen molar-refractivity contribution in [3.8, 4) is 11.3 Å². The Morgan fingerprint density at radius 2 is 1.86 bits per heavy atom. The number of rotatable bonds is 5. The number of nitrogens with zero attached hydrogens (tertiary/aromatic N) is 1. The molecule has 6 heteroatoms. The number of furan rings is 1. The first kappa shape index (κ1) is 19.4. The summed E-state index contributed by atoms with van der Waals surface area (Å²) in [6.45, 7) is 0. The van der Waals surface area contributed by atoms with Crippen LogP contribution in [0.3, 0.4) is 0 Å². The van der Waals surface area contributed by atoms with Gasteiger partial charge in [0.05, 0.1) is 12.6 Å². The molecule has 1 amide bonds. The Morgan fingerprint density at radius 1 is 1.03 bits per heavy atom. The van der Waals surface area contributed by atoms with Gasteiger partial charge in [0.2, 0.25) is 5.91 Å². The molecule has 0 spiro atoms. The number of benzene rings is 3. The monoisotopic (exact) mass is 466 g/mol. The summed E-state index contributed by atoms with van der Waals surface area (Å²) in [5, 5.41) is 6.76. The molecule has 0 saturated carbocycles. The molecule has 0 bridgehead atoms. The third-order valence-corrected chi connectivity index (χ3v) is 5.36. The molecular formula is C23H16BrClN2O2. The number of hydrogen-bond acceptors (Lipinski definition) is 3. The van der Waals surface area contributed by atoms with Crippen LogP contribution in [0.1, 0.15) is 11.3 Å². The zero-order valence-corrected chi connectivity index (χ0v) is 17.6. The van der Waals surface area contributed by atoms with Crippen LogP contribution in [-0.2, 0) is 11.2 Å². The summed E-state index contributed by atoms with van der Waals surface area (Å²) >= 11 is 9.56. The van der Waals surface area contributed by atoms with E-state index in [0.29, 0.717) is 16.5 Å². The molecule has 0 aliphatic heterocycles. The Hall–Kier alpha value is -2.89. The Bertz CT molecular complexity index is 1220. The maximum absolute atomic E-state index is 12.3. The van der Waals surface area contributed by atoms with Crippen molar-refractivity contribution in [2.24, 2.45) is 5.10 Å². The molecule has 1 aromatic heterocycles. The van der Waals surface area contributed by atoms with Crippen molar-refractivity contribution in [2.75, 3.05) is 0 Å². The van der Waals surface area contributed by atoms with E-state index < -0.39 is 0 Å². The third kappa shape index (κ3) is 4.58. The summed E-state index contributed by atoms with van der Waals surface area (Å²) in [6, 6.07) is 22.9. The lowest BCUT2D eigenvalue weighted by Gasteiger charge is -2.07. The standard InChI is InChI=1S/C23H16BrClN2O2/c24-21-10-8-15(19-6-1-2-7-20(19)21)13-23(28)27-26-14-18-9-11-22(29-18)16-4-3-5-17(25)12-16/h1-12,14H,13H2,(H,27,28)/b26-14-. The largest absolute Gasteiger partial charge is 0.455 e. The van der Waals surface area contributed by atoms with Gasteiger partial charge in [0.15, 0.2) is 0 Å². The number of fused-ring (bicyclic) bond motifs is 1. The van der Waals surface area contributed by atoms with Crippen LogP contribution in [0.2, 0.25) is 5.02 Å². The van der Waals surface area contributed by atoms with Gasteiger partial charge in [-0.05, 0) is 46.7 Å². The number of amides is 1. The van der Waals surface area contributed by atoms with E-state index in [0.717, 1.165) is 26.4 Å². The zero-order valence-electron chi connectivity index (χ0n) is 15.2. The predicted molar refractivity (Wildman–Crippen MR) is 120 cm³/mol. The second kappa shape index (κ2) is 8.64. The smallest absolute Gasteiger partial charge is 0.244 e. The van der Waals surface area contributed by atoms with E-state index in [-0.39, 0.29) is 12.3 Å². The molecule has 144 valence electrons. The van der Waals surface area contributed by atoms with Gasteiger partial charge in [0.1, 0.15) is 11.5 Å². The maximum Gasteiger partial charge on any atom is 0.244 e. The van der Waals surface area contributed by atoms with Gasteiger partial charge in [-0.15, -0.1) is 0 Å². The number of nitrogens with one attached hydrogen (secondary N) is 1. The fourth-order valence-corrected chi connectivity index (χ4v) is 3.75.